The van der Waals surface area contributed by atoms with E-state index in [1.165, 1.54) is 43.5 Å². The number of aromatic hydroxyl groups is 2. The molecule has 7 heteroatoms. The maximum absolute atomic E-state index is 11.0. The van der Waals surface area contributed by atoms with Crippen LogP contribution in [0.5, 0.6) is 11.5 Å². The van der Waals surface area contributed by atoms with Gasteiger partial charge in [0.2, 0.25) is 5.91 Å². The van der Waals surface area contributed by atoms with E-state index in [4.69, 9.17) is 23.2 Å². The molecule has 2 aromatic rings. The summed E-state index contributed by atoms with van der Waals surface area (Å²) in [7, 11) is 0. The zero-order valence-corrected chi connectivity index (χ0v) is 13.0. The van der Waals surface area contributed by atoms with Gasteiger partial charge in [-0.05, 0) is 24.3 Å². The number of benzene rings is 2. The zero-order valence-electron chi connectivity index (χ0n) is 11.5. The molecule has 2 rings (SSSR count). The third kappa shape index (κ3) is 3.90. The monoisotopic (exact) mass is 338 g/mol. The molecule has 22 heavy (non-hydrogen) atoms. The molecule has 0 fully saturated rings. The number of halogens is 2. The maximum Gasteiger partial charge on any atom is 0.221 e. The van der Waals surface area contributed by atoms with Crippen LogP contribution in [-0.4, -0.2) is 22.3 Å². The second-order valence-corrected chi connectivity index (χ2v) is 5.28. The van der Waals surface area contributed by atoms with Crippen LogP contribution in [0.1, 0.15) is 12.5 Å². The summed E-state index contributed by atoms with van der Waals surface area (Å²) in [4.78, 5) is 15.2. The van der Waals surface area contributed by atoms with Gasteiger partial charge in [-0.15, -0.1) is 0 Å². The Bertz CT molecular complexity index is 761. The molecule has 5 nitrogen and oxygen atoms in total. The summed E-state index contributed by atoms with van der Waals surface area (Å²) >= 11 is 12.1. The van der Waals surface area contributed by atoms with Gasteiger partial charge in [-0.1, -0.05) is 23.2 Å². The normalized spacial score (nSPS) is 10.9. The van der Waals surface area contributed by atoms with Crippen molar-refractivity contribution in [2.45, 2.75) is 6.92 Å². The number of rotatable bonds is 3. The Morgan fingerprint density at radius 1 is 1.18 bits per heavy atom. The van der Waals surface area contributed by atoms with E-state index in [0.717, 1.165) is 0 Å². The molecule has 0 saturated heterocycles. The fraction of sp³-hybridized carbons (Fsp3) is 0.0667. The standard InChI is InChI=1S/C15H12Cl2N2O3/c1-8(20)19-14-6-11(16)13(5-12(14)17)18-7-9-2-3-10(21)4-15(9)22/h2-7,21-22H,1H3,(H,19,20). The molecule has 114 valence electrons. The van der Waals surface area contributed by atoms with Gasteiger partial charge < -0.3 is 15.5 Å². The lowest BCUT2D eigenvalue weighted by Gasteiger charge is -2.07. The van der Waals surface area contributed by atoms with Crippen LogP contribution >= 0.6 is 23.2 Å². The highest BCUT2D eigenvalue weighted by Gasteiger charge is 2.08. The summed E-state index contributed by atoms with van der Waals surface area (Å²) in [5.74, 6) is -0.417. The summed E-state index contributed by atoms with van der Waals surface area (Å²) in [6, 6.07) is 7.14. The van der Waals surface area contributed by atoms with Gasteiger partial charge in [0.15, 0.2) is 0 Å². The number of amides is 1. The molecular formula is C15H12Cl2N2O3. The zero-order chi connectivity index (χ0) is 16.3. The molecule has 0 atom stereocenters. The van der Waals surface area contributed by atoms with E-state index in [1.807, 2.05) is 0 Å². The van der Waals surface area contributed by atoms with Crippen LogP contribution in [0.25, 0.3) is 0 Å². The van der Waals surface area contributed by atoms with Crippen LogP contribution in [0.2, 0.25) is 10.0 Å². The van der Waals surface area contributed by atoms with Crippen molar-refractivity contribution >= 4 is 46.7 Å². The lowest BCUT2D eigenvalue weighted by Crippen LogP contribution is -2.06. The van der Waals surface area contributed by atoms with Crippen molar-refractivity contribution in [2.24, 2.45) is 4.99 Å². The first kappa shape index (κ1) is 16.1. The molecule has 3 N–H and O–H groups in total. The number of hydrogen-bond donors (Lipinski definition) is 3. The van der Waals surface area contributed by atoms with Crippen molar-refractivity contribution in [2.75, 3.05) is 5.32 Å². The molecule has 0 aliphatic rings. The van der Waals surface area contributed by atoms with E-state index in [2.05, 4.69) is 10.3 Å². The number of nitrogens with zero attached hydrogens (tertiary/aromatic N) is 1. The summed E-state index contributed by atoms with van der Waals surface area (Å²) in [6.45, 7) is 1.36. The number of aliphatic imine (C=N–C) groups is 1. The smallest absolute Gasteiger partial charge is 0.221 e. The van der Waals surface area contributed by atoms with Gasteiger partial charge in [0.1, 0.15) is 11.5 Å². The fourth-order valence-corrected chi connectivity index (χ4v) is 2.12. The number of nitrogens with one attached hydrogen (secondary N) is 1. The highest BCUT2D eigenvalue weighted by molar-refractivity contribution is 6.37. The van der Waals surface area contributed by atoms with Crippen molar-refractivity contribution in [3.05, 3.63) is 45.9 Å². The SMILES string of the molecule is CC(=O)Nc1cc(Cl)c(N=Cc2ccc(O)cc2O)cc1Cl. The Morgan fingerprint density at radius 2 is 1.91 bits per heavy atom. The van der Waals surface area contributed by atoms with Crippen molar-refractivity contribution in [3.8, 4) is 11.5 Å². The van der Waals surface area contributed by atoms with Gasteiger partial charge in [-0.2, -0.15) is 0 Å². The van der Waals surface area contributed by atoms with Crippen molar-refractivity contribution < 1.29 is 15.0 Å². The van der Waals surface area contributed by atoms with Gasteiger partial charge in [0, 0.05) is 24.8 Å². The van der Waals surface area contributed by atoms with Crippen LogP contribution < -0.4 is 5.32 Å². The first-order valence-electron chi connectivity index (χ1n) is 6.19. The van der Waals surface area contributed by atoms with Crippen molar-refractivity contribution in [1.82, 2.24) is 0 Å². The number of hydrogen-bond acceptors (Lipinski definition) is 4. The minimum absolute atomic E-state index is 0.0459. The highest BCUT2D eigenvalue weighted by atomic mass is 35.5. The van der Waals surface area contributed by atoms with E-state index in [1.54, 1.807) is 0 Å². The third-order valence-corrected chi connectivity index (χ3v) is 3.32. The maximum atomic E-state index is 11.0. The molecule has 0 spiro atoms. The molecule has 2 aromatic carbocycles. The quantitative estimate of drug-likeness (QED) is 0.736. The average molecular weight is 339 g/mol. The Kier molecular flexibility index (Phi) is 4.90. The number of phenolic OH excluding ortho intramolecular Hbond substituents is 2. The van der Waals surface area contributed by atoms with Crippen LogP contribution in [0.15, 0.2) is 35.3 Å². The predicted octanol–water partition coefficient (Wildman–Crippen LogP) is 4.11. The van der Waals surface area contributed by atoms with E-state index >= 15 is 0 Å². The largest absolute Gasteiger partial charge is 0.508 e. The molecule has 0 saturated carbocycles. The van der Waals surface area contributed by atoms with Crippen LogP contribution in [0.4, 0.5) is 11.4 Å². The van der Waals surface area contributed by atoms with Gasteiger partial charge in [-0.25, -0.2) is 0 Å². The van der Waals surface area contributed by atoms with E-state index < -0.39 is 0 Å². The van der Waals surface area contributed by atoms with E-state index in [9.17, 15) is 15.0 Å². The first-order chi connectivity index (χ1) is 10.4. The fourth-order valence-electron chi connectivity index (χ4n) is 1.70. The Morgan fingerprint density at radius 3 is 2.55 bits per heavy atom. The van der Waals surface area contributed by atoms with Crippen LogP contribution in [-0.2, 0) is 4.79 Å². The topological polar surface area (TPSA) is 81.9 Å². The van der Waals surface area contributed by atoms with E-state index in [0.29, 0.717) is 27.0 Å². The van der Waals surface area contributed by atoms with Gasteiger partial charge in [0.25, 0.3) is 0 Å². The number of carbonyl (C=O) groups is 1. The Balaban J connectivity index is 2.31. The van der Waals surface area contributed by atoms with Gasteiger partial charge in [-0.3, -0.25) is 9.79 Å². The lowest BCUT2D eigenvalue weighted by atomic mass is 10.2. The van der Waals surface area contributed by atoms with Gasteiger partial charge >= 0.3 is 0 Å². The number of phenols is 2. The lowest BCUT2D eigenvalue weighted by molar-refractivity contribution is -0.114. The first-order valence-corrected chi connectivity index (χ1v) is 6.95. The summed E-state index contributed by atoms with van der Waals surface area (Å²) < 4.78 is 0. The summed E-state index contributed by atoms with van der Waals surface area (Å²) in [5, 5.41) is 22.0. The molecule has 0 heterocycles. The number of anilines is 1. The number of carbonyl (C=O) groups excluding carboxylic acids is 1. The van der Waals surface area contributed by atoms with Crippen molar-refractivity contribution in [3.63, 3.8) is 0 Å². The second kappa shape index (κ2) is 6.68. The highest BCUT2D eigenvalue weighted by Crippen LogP contribution is 2.34. The summed E-state index contributed by atoms with van der Waals surface area (Å²) in [5.41, 5.74) is 1.19. The molecule has 0 aliphatic carbocycles. The average Bonchev–Trinajstić information content (AvgIpc) is 2.42. The Labute approximate surface area is 136 Å². The Hall–Kier alpha value is -2.24. The molecular weight excluding hydrogens is 327 g/mol. The summed E-state index contributed by atoms with van der Waals surface area (Å²) in [6.07, 6.45) is 1.39. The van der Waals surface area contributed by atoms with Crippen LogP contribution in [0.3, 0.4) is 0 Å². The van der Waals surface area contributed by atoms with Crippen molar-refractivity contribution in [1.29, 1.82) is 0 Å². The predicted molar refractivity (Wildman–Crippen MR) is 87.8 cm³/mol. The molecule has 0 aromatic heterocycles. The van der Waals surface area contributed by atoms with Crippen LogP contribution in [0, 0.1) is 0 Å². The molecule has 1 amide bonds. The van der Waals surface area contributed by atoms with E-state index in [-0.39, 0.29) is 17.4 Å². The molecule has 0 radical (unpaired) electrons. The minimum Gasteiger partial charge on any atom is -0.508 e. The third-order valence-electron chi connectivity index (χ3n) is 2.70. The van der Waals surface area contributed by atoms with Gasteiger partial charge in [0.05, 0.1) is 21.4 Å². The minimum atomic E-state index is -0.261. The second-order valence-electron chi connectivity index (χ2n) is 4.47. The molecule has 0 bridgehead atoms. The molecule has 0 aliphatic heterocycles. The molecule has 0 unspecified atom stereocenters.